The predicted molar refractivity (Wildman–Crippen MR) is 161 cm³/mol. The number of H-pyrrole nitrogens is 1. The molecule has 0 aliphatic carbocycles. The van der Waals surface area contributed by atoms with Crippen LogP contribution in [0.5, 0.6) is 0 Å². The monoisotopic (exact) mass is 558 g/mol. The Morgan fingerprint density at radius 2 is 1.88 bits per heavy atom. The van der Waals surface area contributed by atoms with Crippen LogP contribution in [0.15, 0.2) is 72.9 Å². The van der Waals surface area contributed by atoms with Crippen LogP contribution in [0.1, 0.15) is 63.6 Å². The fourth-order valence-electron chi connectivity index (χ4n) is 5.61. The molecule has 0 bridgehead atoms. The summed E-state index contributed by atoms with van der Waals surface area (Å²) in [5.74, 6) is -0.675. The minimum absolute atomic E-state index is 0.0635. The van der Waals surface area contributed by atoms with E-state index in [1.807, 2.05) is 74.6 Å². The lowest BCUT2D eigenvalue weighted by Crippen LogP contribution is -2.52. The average molecular weight is 559 g/mol. The topological polar surface area (TPSA) is 118 Å². The standard InChI is InChI=1S/C33H42N4O4/c1-4-41-31(40)33(21-24-12-6-5-7-13-24)18-11-19-37(23-33)30(39)20-28(36-29(38)16-10-17-32(2,3)34)26-22-35-27-15-9-8-14-25(26)27/h5-10,12-16,22,28,35H,4,11,17-21,23,34H2,1-3H3,(H,36,38)/b16-10+/t28?,33-/m0/s1. The number of carbonyl (C=O) groups excluding carboxylic acids is 3. The van der Waals surface area contributed by atoms with Gasteiger partial charge in [0.05, 0.1) is 24.5 Å². The van der Waals surface area contributed by atoms with Gasteiger partial charge in [-0.05, 0) is 64.2 Å². The van der Waals surface area contributed by atoms with Gasteiger partial charge in [0, 0.05) is 41.3 Å². The first-order chi connectivity index (χ1) is 19.6. The fraction of sp³-hybridized carbons (Fsp3) is 0.424. The smallest absolute Gasteiger partial charge is 0.314 e. The zero-order valence-corrected chi connectivity index (χ0v) is 24.3. The van der Waals surface area contributed by atoms with Gasteiger partial charge in [-0.25, -0.2) is 0 Å². The van der Waals surface area contributed by atoms with E-state index in [-0.39, 0.29) is 37.4 Å². The Kier molecular flexibility index (Phi) is 9.65. The number of esters is 1. The number of aromatic amines is 1. The van der Waals surface area contributed by atoms with Crippen molar-refractivity contribution in [1.82, 2.24) is 15.2 Å². The zero-order valence-electron chi connectivity index (χ0n) is 24.3. The van der Waals surface area contributed by atoms with E-state index in [0.29, 0.717) is 32.2 Å². The summed E-state index contributed by atoms with van der Waals surface area (Å²) in [6.07, 6.45) is 7.54. The predicted octanol–water partition coefficient (Wildman–Crippen LogP) is 4.81. The summed E-state index contributed by atoms with van der Waals surface area (Å²) >= 11 is 0. The first-order valence-corrected chi connectivity index (χ1v) is 14.4. The highest BCUT2D eigenvalue weighted by molar-refractivity contribution is 5.90. The van der Waals surface area contributed by atoms with E-state index in [2.05, 4.69) is 10.3 Å². The summed E-state index contributed by atoms with van der Waals surface area (Å²) in [7, 11) is 0. The van der Waals surface area contributed by atoms with Gasteiger partial charge in [-0.15, -0.1) is 0 Å². The molecular formula is C33H42N4O4. The SMILES string of the molecule is CCOC(=O)[C@]1(Cc2ccccc2)CCCN(C(=O)CC(NC(=O)/C=C/CC(C)(C)N)c2c[nH]c3ccccc23)C1. The number of nitrogens with one attached hydrogen (secondary N) is 2. The third-order valence-corrected chi connectivity index (χ3v) is 7.63. The highest BCUT2D eigenvalue weighted by Gasteiger charge is 2.45. The Morgan fingerprint density at radius 1 is 1.15 bits per heavy atom. The van der Waals surface area contributed by atoms with E-state index in [1.54, 1.807) is 17.9 Å². The molecule has 3 aromatic rings. The van der Waals surface area contributed by atoms with Gasteiger partial charge in [-0.2, -0.15) is 0 Å². The molecule has 1 saturated heterocycles. The molecule has 4 rings (SSSR count). The van der Waals surface area contributed by atoms with Gasteiger partial charge in [0.25, 0.3) is 0 Å². The van der Waals surface area contributed by atoms with Gasteiger partial charge < -0.3 is 25.7 Å². The number of nitrogens with zero attached hydrogens (tertiary/aromatic N) is 1. The highest BCUT2D eigenvalue weighted by Crippen LogP contribution is 2.36. The van der Waals surface area contributed by atoms with Gasteiger partial charge in [0.2, 0.25) is 11.8 Å². The molecule has 8 heteroatoms. The summed E-state index contributed by atoms with van der Waals surface area (Å²) in [5.41, 5.74) is 7.61. The van der Waals surface area contributed by atoms with Gasteiger partial charge in [0.15, 0.2) is 0 Å². The lowest BCUT2D eigenvalue weighted by molar-refractivity contribution is -0.160. The number of ether oxygens (including phenoxy) is 1. The molecule has 1 fully saturated rings. The molecule has 0 saturated carbocycles. The van der Waals surface area contributed by atoms with Crippen LogP contribution >= 0.6 is 0 Å². The molecule has 2 amide bonds. The summed E-state index contributed by atoms with van der Waals surface area (Å²) in [6, 6.07) is 17.1. The van der Waals surface area contributed by atoms with Crippen LogP contribution in [0.25, 0.3) is 10.9 Å². The molecule has 1 aliphatic heterocycles. The second kappa shape index (κ2) is 13.2. The van der Waals surface area contributed by atoms with E-state index in [9.17, 15) is 14.4 Å². The lowest BCUT2D eigenvalue weighted by atomic mass is 9.75. The van der Waals surface area contributed by atoms with E-state index in [0.717, 1.165) is 22.0 Å². The van der Waals surface area contributed by atoms with E-state index in [4.69, 9.17) is 10.5 Å². The van der Waals surface area contributed by atoms with Gasteiger partial charge in [0.1, 0.15) is 0 Å². The first-order valence-electron chi connectivity index (χ1n) is 14.4. The van der Waals surface area contributed by atoms with Crippen molar-refractivity contribution in [1.29, 1.82) is 0 Å². The zero-order chi connectivity index (χ0) is 29.5. The summed E-state index contributed by atoms with van der Waals surface area (Å²) < 4.78 is 5.53. The minimum Gasteiger partial charge on any atom is -0.466 e. The van der Waals surface area contributed by atoms with Crippen molar-refractivity contribution >= 4 is 28.7 Å². The quantitative estimate of drug-likeness (QED) is 0.231. The Bertz CT molecular complexity index is 1370. The molecule has 0 spiro atoms. The maximum atomic E-state index is 13.9. The molecule has 8 nitrogen and oxygen atoms in total. The molecule has 41 heavy (non-hydrogen) atoms. The molecule has 1 aromatic heterocycles. The van der Waals surface area contributed by atoms with Crippen molar-refractivity contribution in [2.75, 3.05) is 19.7 Å². The summed E-state index contributed by atoms with van der Waals surface area (Å²) in [6.45, 7) is 6.71. The molecule has 1 aliphatic rings. The molecule has 0 radical (unpaired) electrons. The van der Waals surface area contributed by atoms with E-state index >= 15 is 0 Å². The van der Waals surface area contributed by atoms with Gasteiger partial charge >= 0.3 is 5.97 Å². The van der Waals surface area contributed by atoms with Gasteiger partial charge in [-0.1, -0.05) is 54.6 Å². The number of amides is 2. The average Bonchev–Trinajstić information content (AvgIpc) is 3.37. The molecule has 2 heterocycles. The van der Waals surface area contributed by atoms with E-state index in [1.165, 1.54) is 6.08 Å². The maximum absolute atomic E-state index is 13.9. The van der Waals surface area contributed by atoms with Crippen LogP contribution in [-0.4, -0.2) is 52.9 Å². The maximum Gasteiger partial charge on any atom is 0.314 e. The highest BCUT2D eigenvalue weighted by atomic mass is 16.5. The number of likely N-dealkylation sites (tertiary alicyclic amines) is 1. The molecule has 1 unspecified atom stereocenters. The van der Waals surface area contributed by atoms with Gasteiger partial charge in [-0.3, -0.25) is 14.4 Å². The minimum atomic E-state index is -0.817. The number of hydrogen-bond donors (Lipinski definition) is 3. The number of benzene rings is 2. The Hall–Kier alpha value is -3.91. The molecule has 4 N–H and O–H groups in total. The number of carbonyl (C=O) groups is 3. The van der Waals surface area contributed by atoms with Crippen LogP contribution in [-0.2, 0) is 25.5 Å². The van der Waals surface area contributed by atoms with Crippen molar-refractivity contribution in [3.63, 3.8) is 0 Å². The second-order valence-electron chi connectivity index (χ2n) is 11.7. The van der Waals surface area contributed by atoms with Crippen LogP contribution < -0.4 is 11.1 Å². The van der Waals surface area contributed by atoms with Crippen LogP contribution in [0.3, 0.4) is 0 Å². The normalized spacial score (nSPS) is 18.4. The van der Waals surface area contributed by atoms with Crippen LogP contribution in [0.2, 0.25) is 0 Å². The number of piperidine rings is 1. The number of para-hydroxylation sites is 1. The van der Waals surface area contributed by atoms with E-state index < -0.39 is 17.0 Å². The first kappa shape index (κ1) is 30.1. The van der Waals surface area contributed by atoms with Crippen molar-refractivity contribution in [2.45, 2.75) is 64.5 Å². The number of aromatic nitrogens is 1. The Morgan fingerprint density at radius 3 is 2.61 bits per heavy atom. The van der Waals surface area contributed by atoms with Crippen LogP contribution in [0, 0.1) is 5.41 Å². The second-order valence-corrected chi connectivity index (χ2v) is 11.7. The number of hydrogen-bond acceptors (Lipinski definition) is 5. The number of fused-ring (bicyclic) bond motifs is 1. The Balaban J connectivity index is 1.57. The molecule has 2 atom stereocenters. The largest absolute Gasteiger partial charge is 0.466 e. The van der Waals surface area contributed by atoms with Crippen molar-refractivity contribution in [3.8, 4) is 0 Å². The fourth-order valence-corrected chi connectivity index (χ4v) is 5.61. The number of rotatable bonds is 11. The van der Waals surface area contributed by atoms with Crippen molar-refractivity contribution < 1.29 is 19.1 Å². The Labute approximate surface area is 242 Å². The third kappa shape index (κ3) is 7.85. The lowest BCUT2D eigenvalue weighted by Gasteiger charge is -2.41. The molecular weight excluding hydrogens is 516 g/mol. The third-order valence-electron chi connectivity index (χ3n) is 7.63. The van der Waals surface area contributed by atoms with Crippen molar-refractivity contribution in [2.24, 2.45) is 11.1 Å². The van der Waals surface area contributed by atoms with Crippen molar-refractivity contribution in [3.05, 3.63) is 84.1 Å². The number of nitrogens with two attached hydrogens (primary N) is 1. The van der Waals surface area contributed by atoms with Crippen LogP contribution in [0.4, 0.5) is 0 Å². The summed E-state index contributed by atoms with van der Waals surface area (Å²) in [5, 5.41) is 3.99. The molecule has 2 aromatic carbocycles. The molecule has 218 valence electrons. The summed E-state index contributed by atoms with van der Waals surface area (Å²) in [4.78, 5) is 45.2.